The van der Waals surface area contributed by atoms with Gasteiger partial charge in [-0.3, -0.25) is 14.5 Å². The number of esters is 2. The molecule has 0 spiro atoms. The Kier molecular flexibility index (Phi) is 10.9. The molecule has 0 amide bonds. The van der Waals surface area contributed by atoms with E-state index in [0.29, 0.717) is 13.2 Å². The number of carbonyl (C=O) groups excluding carboxylic acids is 2. The highest BCUT2D eigenvalue weighted by molar-refractivity contribution is 5.76. The van der Waals surface area contributed by atoms with Gasteiger partial charge in [0.15, 0.2) is 0 Å². The molecule has 8 nitrogen and oxygen atoms in total. The molecule has 2 heterocycles. The lowest BCUT2D eigenvalue weighted by molar-refractivity contribution is -0.152. The van der Waals surface area contributed by atoms with Crippen LogP contribution in [0.25, 0.3) is 0 Å². The topological polar surface area (TPSA) is 74.3 Å². The Morgan fingerprint density at radius 1 is 0.935 bits per heavy atom. The highest BCUT2D eigenvalue weighted by Gasteiger charge is 2.32. The second kappa shape index (κ2) is 13.4. The number of ether oxygens (including phenoxy) is 2. The number of hydrogen-bond donors (Lipinski definition) is 1. The molecule has 2 atom stereocenters. The Morgan fingerprint density at radius 3 is 2.23 bits per heavy atom. The van der Waals surface area contributed by atoms with Crippen molar-refractivity contribution in [3.05, 3.63) is 35.9 Å². The first kappa shape index (κ1) is 25.3. The van der Waals surface area contributed by atoms with Crippen LogP contribution < -0.4 is 5.32 Å². The summed E-state index contributed by atoms with van der Waals surface area (Å²) in [6.45, 7) is 10.6. The molecule has 1 aromatic rings. The van der Waals surface area contributed by atoms with Gasteiger partial charge in [0.2, 0.25) is 0 Å². The van der Waals surface area contributed by atoms with E-state index < -0.39 is 0 Å². The second-order valence-electron chi connectivity index (χ2n) is 8.01. The molecular formula is C23H38N4O4. The van der Waals surface area contributed by atoms with Crippen LogP contribution in [-0.2, 0) is 25.6 Å². The lowest BCUT2D eigenvalue weighted by Gasteiger charge is -2.38. The minimum Gasteiger partial charge on any atom is -0.465 e. The van der Waals surface area contributed by atoms with Crippen LogP contribution in [0, 0.1) is 0 Å². The van der Waals surface area contributed by atoms with E-state index in [1.54, 1.807) is 0 Å². The molecule has 2 unspecified atom stereocenters. The number of benzene rings is 1. The number of hydrogen-bond acceptors (Lipinski definition) is 8. The fourth-order valence-electron chi connectivity index (χ4n) is 3.72. The minimum absolute atomic E-state index is 0.106. The highest BCUT2D eigenvalue weighted by atomic mass is 16.5. The molecule has 2 fully saturated rings. The average molecular weight is 435 g/mol. The van der Waals surface area contributed by atoms with Crippen LogP contribution in [-0.4, -0.2) is 105 Å². The maximum atomic E-state index is 12.1. The summed E-state index contributed by atoms with van der Waals surface area (Å²) in [5.74, 6) is -0.242. The van der Waals surface area contributed by atoms with Crippen molar-refractivity contribution in [2.24, 2.45) is 0 Å². The van der Waals surface area contributed by atoms with E-state index in [1.165, 1.54) is 5.56 Å². The first-order valence-electron chi connectivity index (χ1n) is 11.2. The monoisotopic (exact) mass is 434 g/mol. The largest absolute Gasteiger partial charge is 0.465 e. The molecule has 174 valence electrons. The van der Waals surface area contributed by atoms with Crippen LogP contribution in [0.15, 0.2) is 30.3 Å². The first-order valence-corrected chi connectivity index (χ1v) is 11.2. The molecule has 31 heavy (non-hydrogen) atoms. The molecule has 2 aliphatic rings. The summed E-state index contributed by atoms with van der Waals surface area (Å²) < 4.78 is 10.1. The summed E-state index contributed by atoms with van der Waals surface area (Å²) in [4.78, 5) is 29.8. The van der Waals surface area contributed by atoms with Crippen LogP contribution in [0.2, 0.25) is 0 Å². The van der Waals surface area contributed by atoms with Gasteiger partial charge in [-0.05, 0) is 33.5 Å². The van der Waals surface area contributed by atoms with E-state index in [2.05, 4.69) is 32.1 Å². The van der Waals surface area contributed by atoms with Gasteiger partial charge in [0.1, 0.15) is 12.1 Å². The van der Waals surface area contributed by atoms with Crippen LogP contribution in [0.5, 0.6) is 0 Å². The van der Waals surface area contributed by atoms with E-state index in [4.69, 9.17) is 9.47 Å². The van der Waals surface area contributed by atoms with Gasteiger partial charge < -0.3 is 24.6 Å². The molecule has 0 aliphatic carbocycles. The number of nitrogens with one attached hydrogen (secondary N) is 1. The fraction of sp³-hybridized carbons (Fsp3) is 0.652. The van der Waals surface area contributed by atoms with Crippen molar-refractivity contribution >= 4 is 11.9 Å². The molecule has 0 saturated carbocycles. The molecular weight excluding hydrogens is 396 g/mol. The summed E-state index contributed by atoms with van der Waals surface area (Å²) in [7, 11) is 4.05. The van der Waals surface area contributed by atoms with Crippen molar-refractivity contribution in [1.29, 1.82) is 0 Å². The minimum atomic E-state index is -0.154. The first-order chi connectivity index (χ1) is 14.9. The summed E-state index contributed by atoms with van der Waals surface area (Å²) in [6.07, 6.45) is 0. The molecule has 1 aromatic carbocycles. The molecule has 3 rings (SSSR count). The summed E-state index contributed by atoms with van der Waals surface area (Å²) >= 11 is 0. The Balaban J connectivity index is 0.000000245. The molecule has 0 bridgehead atoms. The van der Waals surface area contributed by atoms with E-state index in [9.17, 15) is 9.59 Å². The molecule has 0 aromatic heterocycles. The number of carbonyl (C=O) groups is 2. The van der Waals surface area contributed by atoms with Gasteiger partial charge in [-0.1, -0.05) is 30.3 Å². The van der Waals surface area contributed by atoms with Crippen molar-refractivity contribution < 1.29 is 19.1 Å². The van der Waals surface area contributed by atoms with Crippen LogP contribution >= 0.6 is 0 Å². The Labute approximate surface area is 186 Å². The van der Waals surface area contributed by atoms with Gasteiger partial charge >= 0.3 is 11.9 Å². The Bertz CT molecular complexity index is 673. The van der Waals surface area contributed by atoms with Gasteiger partial charge in [0.25, 0.3) is 0 Å². The third-order valence-electron chi connectivity index (χ3n) is 5.43. The Morgan fingerprint density at radius 2 is 1.58 bits per heavy atom. The molecule has 2 saturated heterocycles. The maximum absolute atomic E-state index is 12.1. The van der Waals surface area contributed by atoms with E-state index >= 15 is 0 Å². The van der Waals surface area contributed by atoms with Crippen molar-refractivity contribution in [1.82, 2.24) is 20.0 Å². The van der Waals surface area contributed by atoms with E-state index in [1.807, 2.05) is 46.1 Å². The maximum Gasteiger partial charge on any atom is 0.324 e. The van der Waals surface area contributed by atoms with Crippen LogP contribution in [0.3, 0.4) is 0 Å². The Hall–Kier alpha value is -2.00. The van der Waals surface area contributed by atoms with Gasteiger partial charge in [-0.25, -0.2) is 0 Å². The zero-order valence-electron chi connectivity index (χ0n) is 19.4. The number of likely N-dealkylation sites (N-methyl/N-ethyl adjacent to an activating group) is 2. The van der Waals surface area contributed by atoms with Crippen LogP contribution in [0.1, 0.15) is 19.4 Å². The zero-order valence-corrected chi connectivity index (χ0v) is 19.4. The summed E-state index contributed by atoms with van der Waals surface area (Å²) in [5.41, 5.74) is 1.24. The molecule has 1 N–H and O–H groups in total. The number of rotatable bonds is 6. The summed E-state index contributed by atoms with van der Waals surface area (Å²) in [5, 5.41) is 3.12. The predicted octanol–water partition coefficient (Wildman–Crippen LogP) is 0.819. The molecule has 8 heteroatoms. The highest BCUT2D eigenvalue weighted by Crippen LogP contribution is 2.14. The van der Waals surface area contributed by atoms with Gasteiger partial charge in [-0.2, -0.15) is 0 Å². The van der Waals surface area contributed by atoms with E-state index in [0.717, 1.165) is 45.8 Å². The lowest BCUT2D eigenvalue weighted by Crippen LogP contribution is -2.55. The zero-order chi connectivity index (χ0) is 22.6. The third kappa shape index (κ3) is 8.57. The van der Waals surface area contributed by atoms with Crippen molar-refractivity contribution in [2.45, 2.75) is 32.5 Å². The van der Waals surface area contributed by atoms with Crippen molar-refractivity contribution in [3.63, 3.8) is 0 Å². The standard InChI is InChI=1S/C15H22N2O2.C8H16N2O2/c1-3-19-15(18)14-12-16(2)9-10-17(14)11-13-7-5-4-6-8-13;1-3-12-8(11)7-6-10(2)5-4-9-7/h4-8,14H,3,9-12H2,1-2H3;7,9H,3-6H2,1-2H3. The summed E-state index contributed by atoms with van der Waals surface area (Å²) in [6, 6.07) is 9.98. The second-order valence-corrected chi connectivity index (χ2v) is 8.01. The predicted molar refractivity (Wildman–Crippen MR) is 121 cm³/mol. The van der Waals surface area contributed by atoms with Crippen molar-refractivity contribution in [3.8, 4) is 0 Å². The third-order valence-corrected chi connectivity index (χ3v) is 5.43. The van der Waals surface area contributed by atoms with Gasteiger partial charge in [0, 0.05) is 45.8 Å². The SMILES string of the molecule is CCOC(=O)C1CN(C)CCN1.CCOC(=O)C1CN(C)CCN1Cc1ccccc1. The number of piperazine rings is 2. The smallest absolute Gasteiger partial charge is 0.324 e. The van der Waals surface area contributed by atoms with Crippen molar-refractivity contribution in [2.75, 3.05) is 66.6 Å². The molecule has 2 aliphatic heterocycles. The van der Waals surface area contributed by atoms with E-state index in [-0.39, 0.29) is 24.0 Å². The van der Waals surface area contributed by atoms with Gasteiger partial charge in [-0.15, -0.1) is 0 Å². The quantitative estimate of drug-likeness (QED) is 0.660. The molecule has 0 radical (unpaired) electrons. The number of nitrogens with zero attached hydrogens (tertiary/aromatic N) is 3. The normalized spacial score (nSPS) is 22.8. The average Bonchev–Trinajstić information content (AvgIpc) is 2.76. The fourth-order valence-corrected chi connectivity index (χ4v) is 3.72. The van der Waals surface area contributed by atoms with Gasteiger partial charge in [0.05, 0.1) is 13.2 Å². The lowest BCUT2D eigenvalue weighted by atomic mass is 10.1. The van der Waals surface area contributed by atoms with Crippen LogP contribution in [0.4, 0.5) is 0 Å².